The van der Waals surface area contributed by atoms with E-state index in [0.717, 1.165) is 38.5 Å². The number of amides is 1. The number of carbonyl (C=O) groups excluding carboxylic acids is 1. The molecule has 6 nitrogen and oxygen atoms in total. The molecule has 2 N–H and O–H groups in total. The lowest BCUT2D eigenvalue weighted by molar-refractivity contribution is -0.118. The molecular weight excluding hydrogens is 396 g/mol. The fraction of sp³-hybridized carbons (Fsp3) is 0.562. The quantitative estimate of drug-likeness (QED) is 0.792. The van der Waals surface area contributed by atoms with Crippen LogP contribution in [0.4, 0.5) is 5.69 Å². The van der Waals surface area contributed by atoms with E-state index in [9.17, 15) is 13.2 Å². The van der Waals surface area contributed by atoms with Crippen molar-refractivity contribution >= 4 is 37.5 Å². The van der Waals surface area contributed by atoms with E-state index in [1.807, 2.05) is 0 Å². The van der Waals surface area contributed by atoms with Gasteiger partial charge in [0.05, 0.1) is 10.6 Å². The highest BCUT2D eigenvalue weighted by Gasteiger charge is 2.26. The molecule has 0 atom stereocenters. The van der Waals surface area contributed by atoms with Crippen molar-refractivity contribution in [2.75, 3.05) is 11.9 Å². The smallest absolute Gasteiger partial charge is 0.262 e. The molecule has 2 aliphatic rings. The van der Waals surface area contributed by atoms with Crippen molar-refractivity contribution in [3.63, 3.8) is 0 Å². The Bertz CT molecular complexity index is 728. The van der Waals surface area contributed by atoms with Gasteiger partial charge in [-0.2, -0.15) is 0 Å². The van der Waals surface area contributed by atoms with Gasteiger partial charge in [-0.1, -0.05) is 32.1 Å². The van der Waals surface area contributed by atoms with E-state index in [2.05, 4.69) is 26.0 Å². The molecule has 0 unspecified atom stereocenters. The summed E-state index contributed by atoms with van der Waals surface area (Å²) in [6.07, 6.45) is 7.39. The van der Waals surface area contributed by atoms with E-state index >= 15 is 0 Å². The maximum atomic E-state index is 12.8. The average Bonchev–Trinajstić information content (AvgIpc) is 2.48. The standard InChI is InChI=1S/C16H21BrN2O4S/c17-12-8-13-14(23-10-16(20)18-13)9-15(12)24(21,22)19-11-6-4-2-1-3-5-7-11/h8-9,11,19H,1-7,10H2,(H,18,20). The Labute approximate surface area is 150 Å². The molecule has 0 aromatic heterocycles. The molecular formula is C16H21BrN2O4S. The molecule has 1 aliphatic heterocycles. The van der Waals surface area contributed by atoms with E-state index in [1.165, 1.54) is 12.5 Å². The van der Waals surface area contributed by atoms with Crippen molar-refractivity contribution in [2.24, 2.45) is 0 Å². The summed E-state index contributed by atoms with van der Waals surface area (Å²) in [7, 11) is -3.66. The summed E-state index contributed by atoms with van der Waals surface area (Å²) in [5.74, 6) is 0.119. The Morgan fingerprint density at radius 1 is 1.12 bits per heavy atom. The fourth-order valence-electron chi connectivity index (χ4n) is 3.14. The average molecular weight is 417 g/mol. The second-order valence-electron chi connectivity index (χ2n) is 6.28. The van der Waals surface area contributed by atoms with Gasteiger partial charge in [0.2, 0.25) is 10.0 Å². The van der Waals surface area contributed by atoms with Crippen LogP contribution in [0.1, 0.15) is 44.9 Å². The highest BCUT2D eigenvalue weighted by atomic mass is 79.9. The van der Waals surface area contributed by atoms with Crippen molar-refractivity contribution in [2.45, 2.75) is 55.9 Å². The van der Waals surface area contributed by atoms with Gasteiger partial charge in [-0.25, -0.2) is 13.1 Å². The van der Waals surface area contributed by atoms with Crippen molar-refractivity contribution in [3.05, 3.63) is 16.6 Å². The molecule has 3 rings (SSSR count). The number of fused-ring (bicyclic) bond motifs is 1. The summed E-state index contributed by atoms with van der Waals surface area (Å²) in [5.41, 5.74) is 0.475. The van der Waals surface area contributed by atoms with E-state index < -0.39 is 10.0 Å². The van der Waals surface area contributed by atoms with Gasteiger partial charge in [-0.05, 0) is 34.8 Å². The molecule has 1 heterocycles. The lowest BCUT2D eigenvalue weighted by Crippen LogP contribution is -2.35. The highest BCUT2D eigenvalue weighted by molar-refractivity contribution is 9.10. The van der Waals surface area contributed by atoms with Gasteiger partial charge in [0.15, 0.2) is 6.61 Å². The highest BCUT2D eigenvalue weighted by Crippen LogP contribution is 2.36. The first-order valence-electron chi connectivity index (χ1n) is 8.24. The molecule has 1 amide bonds. The van der Waals surface area contributed by atoms with Crippen LogP contribution in [-0.4, -0.2) is 27.0 Å². The summed E-state index contributed by atoms with van der Waals surface area (Å²) in [6.45, 7) is -0.107. The van der Waals surface area contributed by atoms with Gasteiger partial charge in [0.1, 0.15) is 5.75 Å². The summed E-state index contributed by atoms with van der Waals surface area (Å²) in [5, 5.41) is 2.67. The molecule has 24 heavy (non-hydrogen) atoms. The Hall–Kier alpha value is -1.12. The minimum Gasteiger partial charge on any atom is -0.482 e. The van der Waals surface area contributed by atoms with Crippen molar-refractivity contribution in [3.8, 4) is 5.75 Å². The van der Waals surface area contributed by atoms with Crippen LogP contribution in [0.25, 0.3) is 0 Å². The van der Waals surface area contributed by atoms with Crippen LogP contribution in [0.3, 0.4) is 0 Å². The van der Waals surface area contributed by atoms with Crippen LogP contribution in [0.15, 0.2) is 21.5 Å². The minimum atomic E-state index is -3.66. The first kappa shape index (κ1) is 17.7. The Kier molecular flexibility index (Phi) is 5.46. The van der Waals surface area contributed by atoms with E-state index in [1.54, 1.807) is 6.07 Å². The van der Waals surface area contributed by atoms with Gasteiger partial charge in [-0.3, -0.25) is 4.79 Å². The van der Waals surface area contributed by atoms with E-state index in [4.69, 9.17) is 4.74 Å². The van der Waals surface area contributed by atoms with Crippen LogP contribution in [0.2, 0.25) is 0 Å². The molecule has 0 saturated heterocycles. The summed E-state index contributed by atoms with van der Waals surface area (Å²) >= 11 is 3.30. The minimum absolute atomic E-state index is 0.0288. The van der Waals surface area contributed by atoms with Crippen LogP contribution in [0.5, 0.6) is 5.75 Å². The van der Waals surface area contributed by atoms with Gasteiger partial charge < -0.3 is 10.1 Å². The van der Waals surface area contributed by atoms with Crippen LogP contribution in [-0.2, 0) is 14.8 Å². The molecule has 1 aromatic carbocycles. The number of rotatable bonds is 3. The number of benzene rings is 1. The molecule has 1 aromatic rings. The number of hydrogen-bond donors (Lipinski definition) is 2. The molecule has 0 bridgehead atoms. The van der Waals surface area contributed by atoms with E-state index in [-0.39, 0.29) is 23.5 Å². The molecule has 1 aliphatic carbocycles. The van der Waals surface area contributed by atoms with Crippen molar-refractivity contribution in [1.82, 2.24) is 4.72 Å². The van der Waals surface area contributed by atoms with Gasteiger partial charge >= 0.3 is 0 Å². The third-order valence-electron chi connectivity index (χ3n) is 4.38. The number of hydrogen-bond acceptors (Lipinski definition) is 4. The lowest BCUT2D eigenvalue weighted by atomic mass is 9.97. The largest absolute Gasteiger partial charge is 0.482 e. The SMILES string of the molecule is O=C1COc2cc(S(=O)(=O)NC3CCCCCCC3)c(Br)cc2N1. The maximum absolute atomic E-state index is 12.8. The number of sulfonamides is 1. The number of carbonyl (C=O) groups is 1. The third-order valence-corrected chi connectivity index (χ3v) is 6.86. The predicted molar refractivity (Wildman–Crippen MR) is 94.7 cm³/mol. The molecule has 0 radical (unpaired) electrons. The summed E-state index contributed by atoms with van der Waals surface area (Å²) < 4.78 is 34.1. The van der Waals surface area contributed by atoms with E-state index in [0.29, 0.717) is 15.9 Å². The molecule has 8 heteroatoms. The zero-order chi connectivity index (χ0) is 17.2. The molecule has 1 saturated carbocycles. The second kappa shape index (κ2) is 7.41. The number of ether oxygens (including phenoxy) is 1. The van der Waals surface area contributed by atoms with Gasteiger partial charge in [-0.15, -0.1) is 0 Å². The predicted octanol–water partition coefficient (Wildman–Crippen LogP) is 3.17. The topological polar surface area (TPSA) is 84.5 Å². The first-order chi connectivity index (χ1) is 11.5. The Balaban J connectivity index is 1.82. The molecule has 132 valence electrons. The fourth-order valence-corrected chi connectivity index (χ4v) is 5.51. The van der Waals surface area contributed by atoms with Gasteiger partial charge in [0, 0.05) is 16.6 Å². The van der Waals surface area contributed by atoms with Crippen molar-refractivity contribution in [1.29, 1.82) is 0 Å². The first-order valence-corrected chi connectivity index (χ1v) is 10.5. The van der Waals surface area contributed by atoms with Crippen LogP contribution >= 0.6 is 15.9 Å². The zero-order valence-electron chi connectivity index (χ0n) is 13.3. The van der Waals surface area contributed by atoms with Gasteiger partial charge in [0.25, 0.3) is 5.91 Å². The molecule has 1 fully saturated rings. The summed E-state index contributed by atoms with van der Waals surface area (Å²) in [4.78, 5) is 11.5. The zero-order valence-corrected chi connectivity index (χ0v) is 15.7. The normalized spacial score (nSPS) is 19.6. The number of anilines is 1. The number of nitrogens with one attached hydrogen (secondary N) is 2. The number of halogens is 1. The van der Waals surface area contributed by atoms with Crippen LogP contribution < -0.4 is 14.8 Å². The Morgan fingerprint density at radius 3 is 2.50 bits per heavy atom. The summed E-state index contributed by atoms with van der Waals surface area (Å²) in [6, 6.07) is 3.00. The molecule has 0 spiro atoms. The second-order valence-corrected chi connectivity index (χ2v) is 8.82. The monoisotopic (exact) mass is 416 g/mol. The lowest BCUT2D eigenvalue weighted by Gasteiger charge is -2.23. The third kappa shape index (κ3) is 4.10. The van der Waals surface area contributed by atoms with Crippen molar-refractivity contribution < 1.29 is 17.9 Å². The maximum Gasteiger partial charge on any atom is 0.262 e. The Morgan fingerprint density at radius 2 is 1.79 bits per heavy atom. The van der Waals surface area contributed by atoms with Crippen LogP contribution in [0, 0.1) is 0 Å².